The molecule has 90 valence electrons. The van der Waals surface area contributed by atoms with Crippen LogP contribution in [0.3, 0.4) is 0 Å². The van der Waals surface area contributed by atoms with Crippen LogP contribution >= 0.6 is 0 Å². The first-order chi connectivity index (χ1) is 8.20. The van der Waals surface area contributed by atoms with E-state index in [0.717, 1.165) is 18.5 Å². The third-order valence-electron chi connectivity index (χ3n) is 3.74. The van der Waals surface area contributed by atoms with Crippen LogP contribution < -0.4 is 5.73 Å². The zero-order chi connectivity index (χ0) is 12.0. The van der Waals surface area contributed by atoms with Gasteiger partial charge in [-0.3, -0.25) is 0 Å². The second kappa shape index (κ2) is 3.86. The fraction of sp³-hybridized carbons (Fsp3) is 0.429. The van der Waals surface area contributed by atoms with Crippen molar-refractivity contribution in [3.8, 4) is 0 Å². The molecule has 3 rings (SSSR count). The van der Waals surface area contributed by atoms with Gasteiger partial charge in [0.25, 0.3) is 0 Å². The second-order valence-electron chi connectivity index (χ2n) is 4.91. The van der Waals surface area contributed by atoms with Crippen molar-refractivity contribution in [3.05, 3.63) is 35.0 Å². The molecule has 1 atom stereocenters. The number of hydrogen-bond acceptors (Lipinski definition) is 2. The van der Waals surface area contributed by atoms with Crippen LogP contribution in [0.2, 0.25) is 0 Å². The lowest BCUT2D eigenvalue weighted by molar-refractivity contribution is 0.187. The maximum Gasteiger partial charge on any atom is 0.0912 e. The average Bonchev–Trinajstić information content (AvgIpc) is 2.67. The van der Waals surface area contributed by atoms with Gasteiger partial charge in [0, 0.05) is 24.2 Å². The zero-order valence-electron chi connectivity index (χ0n) is 10.1. The van der Waals surface area contributed by atoms with Crippen molar-refractivity contribution in [3.63, 3.8) is 0 Å². The Morgan fingerprint density at radius 1 is 1.41 bits per heavy atom. The lowest BCUT2D eigenvalue weighted by atomic mass is 9.98. The number of nitrogens with zero attached hydrogens (tertiary/aromatic N) is 1. The van der Waals surface area contributed by atoms with E-state index in [1.165, 1.54) is 28.6 Å². The number of aromatic nitrogens is 1. The molecule has 0 radical (unpaired) electrons. The van der Waals surface area contributed by atoms with Crippen molar-refractivity contribution in [2.24, 2.45) is 5.73 Å². The molecule has 3 N–H and O–H groups in total. The minimum Gasteiger partial charge on any atom is -0.387 e. The molecular formula is C14H18N2O. The van der Waals surface area contributed by atoms with Crippen molar-refractivity contribution in [2.45, 2.75) is 32.4 Å². The standard InChI is InChI=1S/C14H18N2O/c1-9-5-12-7-11(13(17)8-15)6-10-3-2-4-16(9)14(10)12/h5-7,13,17H,2-4,8,15H2,1H3. The Labute approximate surface area is 101 Å². The van der Waals surface area contributed by atoms with Crippen LogP contribution in [0.5, 0.6) is 0 Å². The van der Waals surface area contributed by atoms with Crippen LogP contribution in [-0.2, 0) is 13.0 Å². The largest absolute Gasteiger partial charge is 0.387 e. The number of benzene rings is 1. The van der Waals surface area contributed by atoms with E-state index >= 15 is 0 Å². The van der Waals surface area contributed by atoms with Crippen LogP contribution in [-0.4, -0.2) is 16.2 Å². The summed E-state index contributed by atoms with van der Waals surface area (Å²) in [7, 11) is 0. The molecule has 0 bridgehead atoms. The minimum absolute atomic E-state index is 0.282. The van der Waals surface area contributed by atoms with Gasteiger partial charge in [-0.15, -0.1) is 0 Å². The molecule has 1 aromatic heterocycles. The van der Waals surface area contributed by atoms with Crippen LogP contribution in [0, 0.1) is 6.92 Å². The summed E-state index contributed by atoms with van der Waals surface area (Å²) in [5.74, 6) is 0. The molecule has 0 saturated heterocycles. The van der Waals surface area contributed by atoms with Gasteiger partial charge in [0.2, 0.25) is 0 Å². The van der Waals surface area contributed by atoms with Crippen molar-refractivity contribution in [2.75, 3.05) is 6.54 Å². The van der Waals surface area contributed by atoms with Gasteiger partial charge < -0.3 is 15.4 Å². The van der Waals surface area contributed by atoms with E-state index in [1.807, 2.05) is 0 Å². The number of aliphatic hydroxyl groups excluding tert-OH is 1. The SMILES string of the molecule is Cc1cc2cc(C(O)CN)cc3c2n1CCC3. The van der Waals surface area contributed by atoms with E-state index < -0.39 is 6.10 Å². The lowest BCUT2D eigenvalue weighted by Crippen LogP contribution is -2.13. The number of rotatable bonds is 2. The molecule has 3 heteroatoms. The van der Waals surface area contributed by atoms with Gasteiger partial charge >= 0.3 is 0 Å². The van der Waals surface area contributed by atoms with Gasteiger partial charge in [0.1, 0.15) is 0 Å². The van der Waals surface area contributed by atoms with Crippen LogP contribution in [0.4, 0.5) is 0 Å². The molecule has 1 aliphatic rings. The smallest absolute Gasteiger partial charge is 0.0912 e. The maximum absolute atomic E-state index is 9.87. The van der Waals surface area contributed by atoms with Gasteiger partial charge in [-0.25, -0.2) is 0 Å². The molecule has 2 heterocycles. The van der Waals surface area contributed by atoms with E-state index in [4.69, 9.17) is 5.73 Å². The highest BCUT2D eigenvalue weighted by Crippen LogP contribution is 2.31. The van der Waals surface area contributed by atoms with Crippen molar-refractivity contribution in [1.29, 1.82) is 0 Å². The lowest BCUT2D eigenvalue weighted by Gasteiger charge is -2.19. The molecular weight excluding hydrogens is 212 g/mol. The zero-order valence-corrected chi connectivity index (χ0v) is 10.1. The van der Waals surface area contributed by atoms with Gasteiger partial charge in [-0.2, -0.15) is 0 Å². The van der Waals surface area contributed by atoms with E-state index in [9.17, 15) is 5.11 Å². The van der Waals surface area contributed by atoms with E-state index in [0.29, 0.717) is 0 Å². The predicted molar refractivity (Wildman–Crippen MR) is 69.0 cm³/mol. The average molecular weight is 230 g/mol. The third kappa shape index (κ3) is 1.58. The van der Waals surface area contributed by atoms with Crippen LogP contribution in [0.15, 0.2) is 18.2 Å². The molecule has 0 spiro atoms. The highest BCUT2D eigenvalue weighted by molar-refractivity contribution is 5.86. The number of hydrogen-bond donors (Lipinski definition) is 2. The van der Waals surface area contributed by atoms with Crippen molar-refractivity contribution >= 4 is 10.9 Å². The fourth-order valence-electron chi connectivity index (χ4n) is 2.90. The number of aryl methyl sites for hydroxylation is 3. The predicted octanol–water partition coefficient (Wildman–Crippen LogP) is 1.89. The Kier molecular flexibility index (Phi) is 2.45. The summed E-state index contributed by atoms with van der Waals surface area (Å²) in [6.45, 7) is 3.54. The molecule has 2 aromatic rings. The summed E-state index contributed by atoms with van der Waals surface area (Å²) in [6, 6.07) is 6.40. The van der Waals surface area contributed by atoms with E-state index in [1.54, 1.807) is 0 Å². The Balaban J connectivity index is 2.26. The third-order valence-corrected chi connectivity index (χ3v) is 3.74. The van der Waals surface area contributed by atoms with Crippen molar-refractivity contribution in [1.82, 2.24) is 4.57 Å². The summed E-state index contributed by atoms with van der Waals surface area (Å²) >= 11 is 0. The molecule has 0 amide bonds. The molecule has 0 aliphatic carbocycles. The van der Waals surface area contributed by atoms with Gasteiger partial charge in [-0.05, 0) is 43.0 Å². The molecule has 17 heavy (non-hydrogen) atoms. The van der Waals surface area contributed by atoms with Crippen LogP contribution in [0.1, 0.15) is 29.3 Å². The first kappa shape index (κ1) is 10.8. The summed E-state index contributed by atoms with van der Waals surface area (Å²) in [5.41, 5.74) is 10.5. The van der Waals surface area contributed by atoms with Crippen LogP contribution in [0.25, 0.3) is 10.9 Å². The Morgan fingerprint density at radius 2 is 2.24 bits per heavy atom. The quantitative estimate of drug-likeness (QED) is 0.827. The topological polar surface area (TPSA) is 51.2 Å². The molecule has 1 aromatic carbocycles. The number of nitrogens with two attached hydrogens (primary N) is 1. The first-order valence-corrected chi connectivity index (χ1v) is 6.21. The maximum atomic E-state index is 9.87. The molecule has 1 unspecified atom stereocenters. The Hall–Kier alpha value is -1.32. The van der Waals surface area contributed by atoms with Gasteiger partial charge in [0.15, 0.2) is 0 Å². The molecule has 1 aliphatic heterocycles. The highest BCUT2D eigenvalue weighted by atomic mass is 16.3. The molecule has 0 fully saturated rings. The summed E-state index contributed by atoms with van der Waals surface area (Å²) in [5, 5.41) is 11.1. The van der Waals surface area contributed by atoms with Gasteiger partial charge in [-0.1, -0.05) is 6.07 Å². The highest BCUT2D eigenvalue weighted by Gasteiger charge is 2.17. The minimum atomic E-state index is -0.541. The second-order valence-corrected chi connectivity index (χ2v) is 4.91. The first-order valence-electron chi connectivity index (χ1n) is 6.21. The monoisotopic (exact) mass is 230 g/mol. The Bertz CT molecular complexity index is 571. The number of aliphatic hydroxyl groups is 1. The normalized spacial score (nSPS) is 16.4. The van der Waals surface area contributed by atoms with E-state index in [2.05, 4.69) is 29.7 Å². The van der Waals surface area contributed by atoms with Gasteiger partial charge in [0.05, 0.1) is 11.6 Å². The van der Waals surface area contributed by atoms with Crippen molar-refractivity contribution < 1.29 is 5.11 Å². The molecule has 3 nitrogen and oxygen atoms in total. The van der Waals surface area contributed by atoms with E-state index in [-0.39, 0.29) is 6.54 Å². The summed E-state index contributed by atoms with van der Waals surface area (Å²) in [6.07, 6.45) is 1.74. The summed E-state index contributed by atoms with van der Waals surface area (Å²) < 4.78 is 2.38. The molecule has 0 saturated carbocycles. The fourth-order valence-corrected chi connectivity index (χ4v) is 2.90. The summed E-state index contributed by atoms with van der Waals surface area (Å²) in [4.78, 5) is 0. The Morgan fingerprint density at radius 3 is 3.00 bits per heavy atom.